The number of aliphatic imine (C=N–C) groups is 1. The second-order valence-corrected chi connectivity index (χ2v) is 7.83. The second kappa shape index (κ2) is 7.20. The summed E-state index contributed by atoms with van der Waals surface area (Å²) >= 11 is 3.38. The Kier molecular flexibility index (Phi) is 5.00. The van der Waals surface area contributed by atoms with Crippen molar-refractivity contribution in [3.63, 3.8) is 0 Å². The molecule has 6 nitrogen and oxygen atoms in total. The van der Waals surface area contributed by atoms with Gasteiger partial charge in [-0.3, -0.25) is 9.71 Å². The zero-order valence-corrected chi connectivity index (χ0v) is 15.6. The largest absolute Gasteiger partial charge is 0.360 e. The Balaban J connectivity index is 1.74. The highest BCUT2D eigenvalue weighted by Gasteiger charge is 2.15. The molecule has 8 heteroatoms. The summed E-state index contributed by atoms with van der Waals surface area (Å²) in [5, 5.41) is 3.62. The van der Waals surface area contributed by atoms with Crippen molar-refractivity contribution in [3.05, 3.63) is 70.4 Å². The van der Waals surface area contributed by atoms with Crippen molar-refractivity contribution >= 4 is 43.7 Å². The van der Waals surface area contributed by atoms with Crippen LogP contribution in [0.1, 0.15) is 11.3 Å². The van der Waals surface area contributed by atoms with Crippen LogP contribution in [0.25, 0.3) is 0 Å². The van der Waals surface area contributed by atoms with E-state index >= 15 is 0 Å². The van der Waals surface area contributed by atoms with Gasteiger partial charge in [-0.1, -0.05) is 33.2 Å². The topological polar surface area (TPSA) is 84.6 Å². The lowest BCUT2D eigenvalue weighted by Crippen LogP contribution is -2.12. The molecule has 3 aromatic rings. The third-order valence-electron chi connectivity index (χ3n) is 3.25. The van der Waals surface area contributed by atoms with E-state index in [2.05, 4.69) is 30.8 Å². The van der Waals surface area contributed by atoms with E-state index in [1.54, 1.807) is 25.3 Å². The maximum absolute atomic E-state index is 12.3. The van der Waals surface area contributed by atoms with E-state index in [0.717, 1.165) is 10.0 Å². The van der Waals surface area contributed by atoms with Crippen LogP contribution in [0.4, 0.5) is 11.5 Å². The number of aromatic nitrogens is 1. The highest BCUT2D eigenvalue weighted by atomic mass is 79.9. The van der Waals surface area contributed by atoms with Gasteiger partial charge in [-0.2, -0.15) is 0 Å². The van der Waals surface area contributed by atoms with Crippen molar-refractivity contribution in [2.24, 2.45) is 4.99 Å². The predicted molar refractivity (Wildman–Crippen MR) is 99.9 cm³/mol. The first-order chi connectivity index (χ1) is 11.9. The van der Waals surface area contributed by atoms with Gasteiger partial charge in [0.1, 0.15) is 5.76 Å². The molecule has 2 aromatic carbocycles. The Morgan fingerprint density at radius 3 is 2.40 bits per heavy atom. The van der Waals surface area contributed by atoms with Crippen LogP contribution in [0.3, 0.4) is 0 Å². The molecular weight excluding hydrogens is 406 g/mol. The van der Waals surface area contributed by atoms with Crippen molar-refractivity contribution in [3.8, 4) is 0 Å². The molecule has 0 aliphatic carbocycles. The van der Waals surface area contributed by atoms with E-state index in [4.69, 9.17) is 4.52 Å². The normalized spacial score (nSPS) is 11.8. The van der Waals surface area contributed by atoms with Gasteiger partial charge in [-0.05, 0) is 48.9 Å². The molecule has 3 rings (SSSR count). The summed E-state index contributed by atoms with van der Waals surface area (Å²) in [6.07, 6.45) is 1.71. The standard InChI is InChI=1S/C17H14BrN3O3S/c1-12-10-17(20-24-12)21-25(22,23)16-8-6-15(7-9-16)19-11-13-2-4-14(18)5-3-13/h2-11H,1H3,(H,20,21). The van der Waals surface area contributed by atoms with Crippen LogP contribution in [0, 0.1) is 6.92 Å². The summed E-state index contributed by atoms with van der Waals surface area (Å²) in [7, 11) is -3.72. The van der Waals surface area contributed by atoms with Gasteiger partial charge < -0.3 is 4.52 Å². The molecule has 0 amide bonds. The average molecular weight is 420 g/mol. The van der Waals surface area contributed by atoms with Gasteiger partial charge in [0.05, 0.1) is 10.6 Å². The number of sulfonamides is 1. The maximum atomic E-state index is 12.3. The first kappa shape index (κ1) is 17.4. The van der Waals surface area contributed by atoms with Crippen LogP contribution in [-0.2, 0) is 10.0 Å². The Morgan fingerprint density at radius 2 is 1.80 bits per heavy atom. The van der Waals surface area contributed by atoms with Crippen molar-refractivity contribution in [2.45, 2.75) is 11.8 Å². The van der Waals surface area contributed by atoms with Crippen LogP contribution in [0.15, 0.2) is 73.5 Å². The van der Waals surface area contributed by atoms with E-state index < -0.39 is 10.0 Å². The third kappa shape index (κ3) is 4.55. The van der Waals surface area contributed by atoms with Gasteiger partial charge >= 0.3 is 0 Å². The lowest BCUT2D eigenvalue weighted by Gasteiger charge is -2.04. The van der Waals surface area contributed by atoms with Gasteiger partial charge in [-0.15, -0.1) is 0 Å². The molecule has 1 heterocycles. The minimum absolute atomic E-state index is 0.121. The zero-order valence-electron chi connectivity index (χ0n) is 13.2. The monoisotopic (exact) mass is 419 g/mol. The van der Waals surface area contributed by atoms with Crippen molar-refractivity contribution in [1.29, 1.82) is 0 Å². The Labute approximate surface area is 153 Å². The summed E-state index contributed by atoms with van der Waals surface area (Å²) in [4.78, 5) is 4.45. The van der Waals surface area contributed by atoms with Crippen LogP contribution < -0.4 is 4.72 Å². The fourth-order valence-electron chi connectivity index (χ4n) is 2.02. The van der Waals surface area contributed by atoms with Gasteiger partial charge in [0, 0.05) is 16.8 Å². The van der Waals surface area contributed by atoms with E-state index in [0.29, 0.717) is 11.4 Å². The number of nitrogens with one attached hydrogen (secondary N) is 1. The number of benzene rings is 2. The third-order valence-corrected chi connectivity index (χ3v) is 5.15. The number of hydrogen-bond donors (Lipinski definition) is 1. The summed E-state index contributed by atoms with van der Waals surface area (Å²) in [6.45, 7) is 1.68. The smallest absolute Gasteiger partial charge is 0.263 e. The molecule has 0 fully saturated rings. The van der Waals surface area contributed by atoms with E-state index in [-0.39, 0.29) is 10.7 Å². The fraction of sp³-hybridized carbons (Fsp3) is 0.0588. The molecule has 0 saturated heterocycles. The molecule has 0 atom stereocenters. The Bertz CT molecular complexity index is 994. The number of nitrogens with zero attached hydrogens (tertiary/aromatic N) is 2. The lowest BCUT2D eigenvalue weighted by molar-refractivity contribution is 0.400. The minimum Gasteiger partial charge on any atom is -0.360 e. The molecule has 0 bridgehead atoms. The molecule has 25 heavy (non-hydrogen) atoms. The van der Waals surface area contributed by atoms with Gasteiger partial charge in [0.25, 0.3) is 10.0 Å². The average Bonchev–Trinajstić information content (AvgIpc) is 2.99. The van der Waals surface area contributed by atoms with E-state index in [9.17, 15) is 8.42 Å². The highest BCUT2D eigenvalue weighted by molar-refractivity contribution is 9.10. The summed E-state index contributed by atoms with van der Waals surface area (Å²) in [5.74, 6) is 0.671. The van der Waals surface area contributed by atoms with Crippen LogP contribution in [-0.4, -0.2) is 19.8 Å². The number of halogens is 1. The quantitative estimate of drug-likeness (QED) is 0.624. The second-order valence-electron chi connectivity index (χ2n) is 5.23. The maximum Gasteiger partial charge on any atom is 0.263 e. The molecule has 128 valence electrons. The molecular formula is C17H14BrN3O3S. The fourth-order valence-corrected chi connectivity index (χ4v) is 3.27. The molecule has 0 aliphatic rings. The zero-order chi connectivity index (χ0) is 17.9. The van der Waals surface area contributed by atoms with Gasteiger partial charge in [0.2, 0.25) is 0 Å². The Morgan fingerprint density at radius 1 is 1.12 bits per heavy atom. The van der Waals surface area contributed by atoms with Crippen LogP contribution >= 0.6 is 15.9 Å². The van der Waals surface area contributed by atoms with E-state index in [1.807, 2.05) is 24.3 Å². The molecule has 0 unspecified atom stereocenters. The number of aryl methyl sites for hydroxylation is 1. The number of anilines is 1. The van der Waals surface area contributed by atoms with Crippen LogP contribution in [0.2, 0.25) is 0 Å². The summed E-state index contributed by atoms with van der Waals surface area (Å²) in [5.41, 5.74) is 1.60. The highest BCUT2D eigenvalue weighted by Crippen LogP contribution is 2.19. The molecule has 0 radical (unpaired) electrons. The Hall–Kier alpha value is -2.45. The SMILES string of the molecule is Cc1cc(NS(=O)(=O)c2ccc(N=Cc3ccc(Br)cc3)cc2)no1. The summed E-state index contributed by atoms with van der Waals surface area (Å²) in [6, 6.07) is 15.5. The molecule has 1 N–H and O–H groups in total. The minimum atomic E-state index is -3.72. The first-order valence-electron chi connectivity index (χ1n) is 7.28. The molecule has 1 aromatic heterocycles. The lowest BCUT2D eigenvalue weighted by atomic mass is 10.2. The van der Waals surface area contributed by atoms with Crippen molar-refractivity contribution in [1.82, 2.24) is 5.16 Å². The predicted octanol–water partition coefficient (Wildman–Crippen LogP) is 4.30. The van der Waals surface area contributed by atoms with Crippen molar-refractivity contribution in [2.75, 3.05) is 4.72 Å². The molecule has 0 aliphatic heterocycles. The summed E-state index contributed by atoms with van der Waals surface area (Å²) < 4.78 is 32.8. The first-order valence-corrected chi connectivity index (χ1v) is 9.56. The molecule has 0 spiro atoms. The van der Waals surface area contributed by atoms with Crippen molar-refractivity contribution < 1.29 is 12.9 Å². The molecule has 0 saturated carbocycles. The van der Waals surface area contributed by atoms with E-state index in [1.165, 1.54) is 18.2 Å². The number of hydrogen-bond acceptors (Lipinski definition) is 5. The van der Waals surface area contributed by atoms with Gasteiger partial charge in [0.15, 0.2) is 5.82 Å². The number of rotatable bonds is 5. The van der Waals surface area contributed by atoms with Crippen LogP contribution in [0.5, 0.6) is 0 Å². The van der Waals surface area contributed by atoms with Gasteiger partial charge in [-0.25, -0.2) is 8.42 Å².